The van der Waals surface area contributed by atoms with E-state index in [2.05, 4.69) is 20.8 Å². The molecule has 0 heterocycles. The summed E-state index contributed by atoms with van der Waals surface area (Å²) in [5.41, 5.74) is 12.6. The monoisotopic (exact) mass is 166 g/mol. The quantitative estimate of drug-likeness (QED) is 0.573. The molecule has 0 radical (unpaired) electrons. The third kappa shape index (κ3) is 1.53. The van der Waals surface area contributed by atoms with E-state index in [0.717, 1.165) is 12.1 Å². The zero-order valence-electron chi connectivity index (χ0n) is 8.09. The van der Waals surface area contributed by atoms with Gasteiger partial charge in [0.1, 0.15) is 0 Å². The minimum Gasteiger partial charge on any atom is -0.402 e. The van der Waals surface area contributed by atoms with Crippen LogP contribution in [0.25, 0.3) is 0 Å². The molecule has 0 aromatic carbocycles. The molecule has 1 unspecified atom stereocenters. The molecule has 1 aliphatic rings. The van der Waals surface area contributed by atoms with Crippen LogP contribution in [0.3, 0.4) is 0 Å². The van der Waals surface area contributed by atoms with Crippen molar-refractivity contribution in [3.05, 3.63) is 23.9 Å². The highest BCUT2D eigenvalue weighted by atomic mass is 14.8. The summed E-state index contributed by atoms with van der Waals surface area (Å²) in [4.78, 5) is 0. The second-order valence-corrected chi connectivity index (χ2v) is 4.57. The van der Waals surface area contributed by atoms with E-state index in [9.17, 15) is 0 Å². The largest absolute Gasteiger partial charge is 0.402 e. The van der Waals surface area contributed by atoms with Gasteiger partial charge in [0.2, 0.25) is 0 Å². The topological polar surface area (TPSA) is 52.0 Å². The smallest absolute Gasteiger partial charge is 0.0446 e. The number of hydrogen-bond donors (Lipinski definition) is 2. The lowest BCUT2D eigenvalue weighted by Gasteiger charge is -2.40. The molecule has 4 N–H and O–H groups in total. The van der Waals surface area contributed by atoms with Crippen LogP contribution in [0.2, 0.25) is 0 Å². The minimum absolute atomic E-state index is 0.0579. The molecule has 1 rings (SSSR count). The van der Waals surface area contributed by atoms with Crippen LogP contribution < -0.4 is 11.5 Å². The maximum atomic E-state index is 6.22. The van der Waals surface area contributed by atoms with Crippen LogP contribution in [-0.2, 0) is 0 Å². The van der Waals surface area contributed by atoms with Crippen LogP contribution in [0.5, 0.6) is 0 Å². The summed E-state index contributed by atoms with van der Waals surface area (Å²) >= 11 is 0. The summed E-state index contributed by atoms with van der Waals surface area (Å²) in [6.07, 6.45) is 6.66. The van der Waals surface area contributed by atoms with Crippen LogP contribution >= 0.6 is 0 Å². The fourth-order valence-electron chi connectivity index (χ4n) is 1.31. The van der Waals surface area contributed by atoms with Gasteiger partial charge in [0, 0.05) is 17.7 Å². The maximum absolute atomic E-state index is 6.22. The molecule has 68 valence electrons. The van der Waals surface area contributed by atoms with Gasteiger partial charge in [0.25, 0.3) is 0 Å². The average molecular weight is 166 g/mol. The van der Waals surface area contributed by atoms with Crippen LogP contribution in [0.4, 0.5) is 0 Å². The molecule has 0 saturated carbocycles. The van der Waals surface area contributed by atoms with Gasteiger partial charge >= 0.3 is 0 Å². The molecule has 0 bridgehead atoms. The molecule has 0 saturated heterocycles. The second-order valence-electron chi connectivity index (χ2n) is 4.57. The van der Waals surface area contributed by atoms with Gasteiger partial charge in [-0.15, -0.1) is 0 Å². The summed E-state index contributed by atoms with van der Waals surface area (Å²) in [5, 5.41) is 0. The molecule has 1 atom stereocenters. The van der Waals surface area contributed by atoms with Crippen molar-refractivity contribution in [3.8, 4) is 0 Å². The summed E-state index contributed by atoms with van der Waals surface area (Å²) in [6.45, 7) is 6.40. The van der Waals surface area contributed by atoms with Crippen molar-refractivity contribution in [2.75, 3.05) is 0 Å². The third-order valence-corrected chi connectivity index (χ3v) is 2.60. The van der Waals surface area contributed by atoms with E-state index in [1.54, 1.807) is 0 Å². The van der Waals surface area contributed by atoms with Crippen molar-refractivity contribution in [1.82, 2.24) is 0 Å². The molecule has 0 aliphatic heterocycles. The van der Waals surface area contributed by atoms with E-state index in [-0.39, 0.29) is 11.0 Å². The number of allylic oxidation sites excluding steroid dienone is 2. The van der Waals surface area contributed by atoms with E-state index in [0.29, 0.717) is 0 Å². The Labute approximate surface area is 74.3 Å². The number of hydrogen-bond acceptors (Lipinski definition) is 2. The van der Waals surface area contributed by atoms with Crippen molar-refractivity contribution in [2.24, 2.45) is 16.9 Å². The summed E-state index contributed by atoms with van der Waals surface area (Å²) in [6, 6.07) is 0. The Bertz CT molecular complexity index is 233. The minimum atomic E-state index is -0.286. The van der Waals surface area contributed by atoms with E-state index in [1.165, 1.54) is 0 Å². The zero-order valence-corrected chi connectivity index (χ0v) is 8.09. The van der Waals surface area contributed by atoms with Gasteiger partial charge in [-0.25, -0.2) is 0 Å². The molecule has 1 aliphatic carbocycles. The van der Waals surface area contributed by atoms with Gasteiger partial charge in [-0.2, -0.15) is 0 Å². The van der Waals surface area contributed by atoms with Gasteiger partial charge in [0.15, 0.2) is 0 Å². The second kappa shape index (κ2) is 2.63. The lowest BCUT2D eigenvalue weighted by molar-refractivity contribution is 0.237. The maximum Gasteiger partial charge on any atom is 0.0446 e. The zero-order chi connectivity index (χ0) is 9.41. The highest BCUT2D eigenvalue weighted by molar-refractivity contribution is 5.27. The first-order valence-corrected chi connectivity index (χ1v) is 4.28. The van der Waals surface area contributed by atoms with Crippen molar-refractivity contribution in [3.63, 3.8) is 0 Å². The first-order valence-electron chi connectivity index (χ1n) is 4.28. The van der Waals surface area contributed by atoms with E-state index >= 15 is 0 Å². The van der Waals surface area contributed by atoms with E-state index in [1.807, 2.05) is 18.2 Å². The molecule has 2 heteroatoms. The Morgan fingerprint density at radius 2 is 2.00 bits per heavy atom. The SMILES string of the molecule is CC(C)(C)C1(N)C=CC=C(N)C1. The third-order valence-electron chi connectivity index (χ3n) is 2.60. The van der Waals surface area contributed by atoms with Crippen molar-refractivity contribution in [1.29, 1.82) is 0 Å². The van der Waals surface area contributed by atoms with Crippen molar-refractivity contribution in [2.45, 2.75) is 32.7 Å². The summed E-state index contributed by atoms with van der Waals surface area (Å²) in [7, 11) is 0. The van der Waals surface area contributed by atoms with Gasteiger partial charge < -0.3 is 11.5 Å². The van der Waals surface area contributed by atoms with Crippen molar-refractivity contribution < 1.29 is 0 Å². The molecular weight excluding hydrogens is 148 g/mol. The lowest BCUT2D eigenvalue weighted by Crippen LogP contribution is -2.51. The fraction of sp³-hybridized carbons (Fsp3) is 0.600. The molecule has 0 fully saturated rings. The Hall–Kier alpha value is -0.760. The van der Waals surface area contributed by atoms with Crippen LogP contribution in [0.1, 0.15) is 27.2 Å². The van der Waals surface area contributed by atoms with E-state index in [4.69, 9.17) is 11.5 Å². The van der Waals surface area contributed by atoms with Gasteiger partial charge in [0.05, 0.1) is 0 Å². The predicted molar refractivity (Wildman–Crippen MR) is 52.4 cm³/mol. The predicted octanol–water partition coefficient (Wildman–Crippen LogP) is 1.53. The van der Waals surface area contributed by atoms with Crippen LogP contribution in [0.15, 0.2) is 23.9 Å². The summed E-state index contributed by atoms with van der Waals surface area (Å²) in [5.74, 6) is 0. The molecule has 0 aromatic heterocycles. The van der Waals surface area contributed by atoms with Crippen molar-refractivity contribution >= 4 is 0 Å². The molecule has 2 nitrogen and oxygen atoms in total. The first-order chi connectivity index (χ1) is 5.35. The highest BCUT2D eigenvalue weighted by Gasteiger charge is 2.36. The summed E-state index contributed by atoms with van der Waals surface area (Å²) < 4.78 is 0. The molecular formula is C10H18N2. The first kappa shape index (κ1) is 9.33. The standard InChI is InChI=1S/C10H18N2/c1-9(2,3)10(12)6-4-5-8(11)7-10/h4-6H,7,11-12H2,1-3H3. The normalized spacial score (nSPS) is 30.2. The Morgan fingerprint density at radius 1 is 1.42 bits per heavy atom. The Morgan fingerprint density at radius 3 is 2.33 bits per heavy atom. The van der Waals surface area contributed by atoms with E-state index < -0.39 is 0 Å². The van der Waals surface area contributed by atoms with Crippen LogP contribution in [-0.4, -0.2) is 5.54 Å². The number of nitrogens with two attached hydrogens (primary N) is 2. The molecule has 0 aromatic rings. The van der Waals surface area contributed by atoms with Gasteiger partial charge in [-0.05, 0) is 11.5 Å². The number of rotatable bonds is 0. The van der Waals surface area contributed by atoms with Gasteiger partial charge in [-0.3, -0.25) is 0 Å². The van der Waals surface area contributed by atoms with Crippen LogP contribution in [0, 0.1) is 5.41 Å². The Kier molecular flexibility index (Phi) is 2.04. The average Bonchev–Trinajstić information content (AvgIpc) is 1.83. The molecule has 0 amide bonds. The lowest BCUT2D eigenvalue weighted by atomic mass is 9.70. The fourth-order valence-corrected chi connectivity index (χ4v) is 1.31. The van der Waals surface area contributed by atoms with Gasteiger partial charge in [-0.1, -0.05) is 32.9 Å². The Balaban J connectivity index is 2.90. The molecule has 12 heavy (non-hydrogen) atoms. The molecule has 0 spiro atoms. The highest BCUT2D eigenvalue weighted by Crippen LogP contribution is 2.35.